The number of halogens is 3. The van der Waals surface area contributed by atoms with E-state index in [1.807, 2.05) is 0 Å². The summed E-state index contributed by atoms with van der Waals surface area (Å²) in [7, 11) is 1.51. The minimum atomic E-state index is -4.22. The van der Waals surface area contributed by atoms with Gasteiger partial charge in [-0.25, -0.2) is 0 Å². The van der Waals surface area contributed by atoms with Gasteiger partial charge < -0.3 is 15.2 Å². The molecule has 1 aliphatic carbocycles. The molecule has 0 aromatic heterocycles. The van der Waals surface area contributed by atoms with Gasteiger partial charge in [-0.1, -0.05) is 18.6 Å². The van der Waals surface area contributed by atoms with E-state index in [1.165, 1.54) is 7.11 Å². The molecule has 3 nitrogen and oxygen atoms in total. The number of hydrogen-bond acceptors (Lipinski definition) is 3. The summed E-state index contributed by atoms with van der Waals surface area (Å²) in [5, 5.41) is 12.8. The van der Waals surface area contributed by atoms with E-state index in [0.29, 0.717) is 24.3 Å². The lowest BCUT2D eigenvalue weighted by molar-refractivity contribution is -0.187. The van der Waals surface area contributed by atoms with Crippen molar-refractivity contribution in [3.05, 3.63) is 24.3 Å². The molecule has 2 rings (SSSR count). The van der Waals surface area contributed by atoms with Gasteiger partial charge in [0, 0.05) is 0 Å². The number of alkyl halides is 3. The summed E-state index contributed by atoms with van der Waals surface area (Å²) in [4.78, 5) is 0. The summed E-state index contributed by atoms with van der Waals surface area (Å²) in [6.45, 7) is -0.336. The number of benzene rings is 1. The Hall–Kier alpha value is -1.43. The average Bonchev–Trinajstić information content (AvgIpc) is 2.47. The first-order valence-electron chi connectivity index (χ1n) is 6.99. The molecule has 2 N–H and O–H groups in total. The number of hydrogen-bond donors (Lipinski definition) is 2. The molecule has 1 aliphatic rings. The third-order valence-corrected chi connectivity index (χ3v) is 4.12. The summed E-state index contributed by atoms with van der Waals surface area (Å²) in [5.41, 5.74) is -0.343. The largest absolute Gasteiger partial charge is 0.495 e. The highest BCUT2D eigenvalue weighted by Crippen LogP contribution is 2.43. The van der Waals surface area contributed by atoms with Crippen molar-refractivity contribution in [2.45, 2.75) is 37.4 Å². The molecular weight excluding hydrogens is 283 g/mol. The van der Waals surface area contributed by atoms with E-state index in [2.05, 4.69) is 5.32 Å². The van der Waals surface area contributed by atoms with Gasteiger partial charge in [0.05, 0.1) is 30.9 Å². The lowest BCUT2D eigenvalue weighted by atomic mass is 9.75. The molecule has 0 bridgehead atoms. The van der Waals surface area contributed by atoms with Crippen LogP contribution in [-0.2, 0) is 0 Å². The maximum atomic E-state index is 13.0. The fourth-order valence-electron chi connectivity index (χ4n) is 2.97. The quantitative estimate of drug-likeness (QED) is 0.893. The second-order valence-electron chi connectivity index (χ2n) is 5.60. The monoisotopic (exact) mass is 303 g/mol. The molecule has 1 fully saturated rings. The SMILES string of the molecule is COc1ccccc1NC1(CO)CCCC(C(F)(F)F)C1. The Bertz CT molecular complexity index is 478. The molecule has 0 saturated heterocycles. The van der Waals surface area contributed by atoms with Gasteiger partial charge in [0.1, 0.15) is 5.75 Å². The lowest BCUT2D eigenvalue weighted by Crippen LogP contribution is -2.48. The Morgan fingerprint density at radius 1 is 1.38 bits per heavy atom. The first-order valence-corrected chi connectivity index (χ1v) is 6.99. The fraction of sp³-hybridized carbons (Fsp3) is 0.600. The van der Waals surface area contributed by atoms with Crippen molar-refractivity contribution in [1.82, 2.24) is 0 Å². The third kappa shape index (κ3) is 3.61. The van der Waals surface area contributed by atoms with E-state index in [4.69, 9.17) is 4.74 Å². The molecule has 1 saturated carbocycles. The van der Waals surface area contributed by atoms with Crippen LogP contribution in [0.5, 0.6) is 5.75 Å². The molecule has 0 aliphatic heterocycles. The first kappa shape index (κ1) is 15.9. The van der Waals surface area contributed by atoms with Crippen molar-refractivity contribution in [2.24, 2.45) is 5.92 Å². The van der Waals surface area contributed by atoms with E-state index >= 15 is 0 Å². The zero-order chi connectivity index (χ0) is 15.5. The van der Waals surface area contributed by atoms with Gasteiger partial charge in [-0.2, -0.15) is 13.2 Å². The molecule has 0 heterocycles. The van der Waals surface area contributed by atoms with Gasteiger partial charge in [0.2, 0.25) is 0 Å². The number of aliphatic hydroxyl groups excluding tert-OH is 1. The van der Waals surface area contributed by atoms with Gasteiger partial charge in [-0.15, -0.1) is 0 Å². The third-order valence-electron chi connectivity index (χ3n) is 4.12. The zero-order valence-electron chi connectivity index (χ0n) is 11.9. The van der Waals surface area contributed by atoms with Crippen LogP contribution < -0.4 is 10.1 Å². The summed E-state index contributed by atoms with van der Waals surface area (Å²) < 4.78 is 44.1. The number of methoxy groups -OCH3 is 1. The van der Waals surface area contributed by atoms with E-state index in [-0.39, 0.29) is 19.4 Å². The van der Waals surface area contributed by atoms with E-state index in [1.54, 1.807) is 24.3 Å². The highest BCUT2D eigenvalue weighted by molar-refractivity contribution is 5.57. The van der Waals surface area contributed by atoms with Gasteiger partial charge in [-0.05, 0) is 31.4 Å². The van der Waals surface area contributed by atoms with Crippen LogP contribution in [0.1, 0.15) is 25.7 Å². The molecule has 1 aromatic rings. The van der Waals surface area contributed by atoms with Gasteiger partial charge in [0.15, 0.2) is 0 Å². The number of para-hydroxylation sites is 2. The topological polar surface area (TPSA) is 41.5 Å². The molecule has 2 unspecified atom stereocenters. The predicted molar refractivity (Wildman–Crippen MR) is 74.4 cm³/mol. The highest BCUT2D eigenvalue weighted by atomic mass is 19.4. The van der Waals surface area contributed by atoms with Crippen molar-refractivity contribution in [3.63, 3.8) is 0 Å². The highest BCUT2D eigenvalue weighted by Gasteiger charge is 2.47. The summed E-state index contributed by atoms with van der Waals surface area (Å²) in [6.07, 6.45) is -3.27. The molecule has 1 aromatic carbocycles. The average molecular weight is 303 g/mol. The Morgan fingerprint density at radius 3 is 2.71 bits per heavy atom. The van der Waals surface area contributed by atoms with Crippen LogP contribution >= 0.6 is 0 Å². The smallest absolute Gasteiger partial charge is 0.391 e. The van der Waals surface area contributed by atoms with Gasteiger partial charge in [-0.3, -0.25) is 0 Å². The summed E-state index contributed by atoms with van der Waals surface area (Å²) >= 11 is 0. The maximum absolute atomic E-state index is 13.0. The van der Waals surface area contributed by atoms with Gasteiger partial charge >= 0.3 is 6.18 Å². The van der Waals surface area contributed by atoms with Crippen LogP contribution in [0.15, 0.2) is 24.3 Å². The van der Waals surface area contributed by atoms with Crippen LogP contribution in [0.4, 0.5) is 18.9 Å². The Labute approximate surface area is 122 Å². The summed E-state index contributed by atoms with van der Waals surface area (Å²) in [6, 6.07) is 7.04. The standard InChI is InChI=1S/C15H20F3NO2/c1-21-13-7-3-2-6-12(13)19-14(10-20)8-4-5-11(9-14)15(16,17)18/h2-3,6-7,11,19-20H,4-5,8-10H2,1H3. The zero-order valence-corrected chi connectivity index (χ0v) is 11.9. The van der Waals surface area contributed by atoms with E-state index < -0.39 is 17.6 Å². The molecule has 0 spiro atoms. The molecule has 21 heavy (non-hydrogen) atoms. The number of aliphatic hydroxyl groups is 1. The normalized spacial score (nSPS) is 26.4. The van der Waals surface area contributed by atoms with Crippen LogP contribution in [0, 0.1) is 5.92 Å². The molecule has 0 radical (unpaired) electrons. The first-order chi connectivity index (χ1) is 9.90. The Balaban J connectivity index is 2.21. The number of anilines is 1. The van der Waals surface area contributed by atoms with Crippen LogP contribution in [-0.4, -0.2) is 30.5 Å². The van der Waals surface area contributed by atoms with Crippen molar-refractivity contribution >= 4 is 5.69 Å². The minimum absolute atomic E-state index is 0.120. The second kappa shape index (κ2) is 6.13. The van der Waals surface area contributed by atoms with Gasteiger partial charge in [0.25, 0.3) is 0 Å². The van der Waals surface area contributed by atoms with Crippen LogP contribution in [0.25, 0.3) is 0 Å². The van der Waals surface area contributed by atoms with E-state index in [0.717, 1.165) is 0 Å². The Morgan fingerprint density at radius 2 is 2.10 bits per heavy atom. The van der Waals surface area contributed by atoms with Crippen molar-refractivity contribution in [3.8, 4) is 5.75 Å². The maximum Gasteiger partial charge on any atom is 0.391 e. The molecular formula is C15H20F3NO2. The van der Waals surface area contributed by atoms with E-state index in [9.17, 15) is 18.3 Å². The molecule has 6 heteroatoms. The van der Waals surface area contributed by atoms with Crippen molar-refractivity contribution < 1.29 is 23.0 Å². The number of rotatable bonds is 4. The predicted octanol–water partition coefficient (Wildman–Crippen LogP) is 3.59. The minimum Gasteiger partial charge on any atom is -0.495 e. The van der Waals surface area contributed by atoms with Crippen molar-refractivity contribution in [2.75, 3.05) is 19.0 Å². The van der Waals surface area contributed by atoms with Crippen molar-refractivity contribution in [1.29, 1.82) is 0 Å². The number of ether oxygens (including phenoxy) is 1. The Kier molecular flexibility index (Phi) is 4.66. The molecule has 0 amide bonds. The molecule has 2 atom stereocenters. The number of nitrogens with one attached hydrogen (secondary N) is 1. The fourth-order valence-corrected chi connectivity index (χ4v) is 2.97. The second-order valence-corrected chi connectivity index (χ2v) is 5.60. The molecule has 118 valence electrons. The van der Waals surface area contributed by atoms with Crippen LogP contribution in [0.3, 0.4) is 0 Å². The summed E-state index contributed by atoms with van der Waals surface area (Å²) in [5.74, 6) is -0.819. The van der Waals surface area contributed by atoms with Crippen LogP contribution in [0.2, 0.25) is 0 Å². The lowest BCUT2D eigenvalue weighted by Gasteiger charge is -2.41.